The van der Waals surface area contributed by atoms with E-state index in [1.54, 1.807) is 31.5 Å². The van der Waals surface area contributed by atoms with Crippen molar-refractivity contribution in [3.63, 3.8) is 0 Å². The Morgan fingerprint density at radius 3 is 2.72 bits per heavy atom. The number of nitrogen functional groups attached to an aromatic ring is 1. The third-order valence-electron chi connectivity index (χ3n) is 5.14. The molecule has 9 nitrogen and oxygen atoms in total. The van der Waals surface area contributed by atoms with E-state index in [9.17, 15) is 4.39 Å². The number of nitrogens with two attached hydrogens (primary N) is 1. The molecule has 10 heteroatoms. The molecule has 4 heterocycles. The summed E-state index contributed by atoms with van der Waals surface area (Å²) in [5.41, 5.74) is 10.2. The molecule has 32 heavy (non-hydrogen) atoms. The van der Waals surface area contributed by atoms with Gasteiger partial charge in [-0.05, 0) is 31.2 Å². The number of fused-ring (bicyclic) bond motifs is 1. The Balaban J connectivity index is 1.60. The van der Waals surface area contributed by atoms with Crippen LogP contribution in [-0.4, -0.2) is 41.6 Å². The van der Waals surface area contributed by atoms with Crippen molar-refractivity contribution in [3.05, 3.63) is 72.3 Å². The second-order valence-corrected chi connectivity index (χ2v) is 7.24. The summed E-state index contributed by atoms with van der Waals surface area (Å²) in [5, 5.41) is 8.96. The zero-order chi connectivity index (χ0) is 22.2. The molecule has 0 atom stereocenters. The second kappa shape index (κ2) is 7.73. The van der Waals surface area contributed by atoms with Gasteiger partial charge in [0.05, 0.1) is 25.2 Å². The van der Waals surface area contributed by atoms with Crippen LogP contribution in [0.1, 0.15) is 11.4 Å². The molecular formula is C22H19FN8O. The average Bonchev–Trinajstić information content (AvgIpc) is 3.40. The molecule has 0 spiro atoms. The summed E-state index contributed by atoms with van der Waals surface area (Å²) in [6.45, 7) is 2.24. The number of anilines is 1. The largest absolute Gasteiger partial charge is 0.481 e. The molecule has 0 saturated carbocycles. The zero-order valence-corrected chi connectivity index (χ0v) is 17.4. The minimum absolute atomic E-state index is 0.325. The molecule has 160 valence electrons. The van der Waals surface area contributed by atoms with E-state index in [-0.39, 0.29) is 5.82 Å². The highest BCUT2D eigenvalue weighted by Gasteiger charge is 2.19. The molecule has 0 aliphatic heterocycles. The number of benzene rings is 1. The number of aromatic nitrogens is 7. The molecule has 1 aromatic carbocycles. The Morgan fingerprint density at radius 1 is 1.06 bits per heavy atom. The SMILES string of the molecule is COc1nc(C)ccc1-c1cn(Cc2cn(-c3ccccc3F)nn2)c2ncnc(N)c12. The lowest BCUT2D eigenvalue weighted by molar-refractivity contribution is 0.399. The van der Waals surface area contributed by atoms with Crippen LogP contribution >= 0.6 is 0 Å². The molecule has 4 aromatic heterocycles. The van der Waals surface area contributed by atoms with Crippen molar-refractivity contribution in [2.75, 3.05) is 12.8 Å². The first-order valence-electron chi connectivity index (χ1n) is 9.82. The van der Waals surface area contributed by atoms with E-state index >= 15 is 0 Å². The molecule has 0 aliphatic rings. The van der Waals surface area contributed by atoms with Crippen molar-refractivity contribution in [3.8, 4) is 22.7 Å². The Kier molecular flexibility index (Phi) is 4.74. The van der Waals surface area contributed by atoms with Gasteiger partial charge in [-0.2, -0.15) is 0 Å². The molecule has 0 radical (unpaired) electrons. The van der Waals surface area contributed by atoms with Crippen molar-refractivity contribution >= 4 is 16.9 Å². The molecule has 0 amide bonds. The van der Waals surface area contributed by atoms with E-state index in [2.05, 4.69) is 25.3 Å². The zero-order valence-electron chi connectivity index (χ0n) is 17.4. The Bertz CT molecular complexity index is 1440. The summed E-state index contributed by atoms with van der Waals surface area (Å²) >= 11 is 0. The Morgan fingerprint density at radius 2 is 1.91 bits per heavy atom. The number of aryl methyl sites for hydroxylation is 1. The van der Waals surface area contributed by atoms with Crippen molar-refractivity contribution < 1.29 is 9.13 Å². The fourth-order valence-corrected chi connectivity index (χ4v) is 3.67. The molecule has 0 fully saturated rings. The predicted octanol–water partition coefficient (Wildman–Crippen LogP) is 3.16. The van der Waals surface area contributed by atoms with Gasteiger partial charge in [-0.25, -0.2) is 24.0 Å². The van der Waals surface area contributed by atoms with Crippen molar-refractivity contribution in [2.24, 2.45) is 0 Å². The normalized spacial score (nSPS) is 11.2. The topological polar surface area (TPSA) is 110 Å². The van der Waals surface area contributed by atoms with Gasteiger partial charge in [-0.1, -0.05) is 17.3 Å². The number of halogens is 1. The van der Waals surface area contributed by atoms with Crippen LogP contribution in [0, 0.1) is 12.7 Å². The van der Waals surface area contributed by atoms with Crippen LogP contribution in [0.4, 0.5) is 10.2 Å². The fraction of sp³-hybridized carbons (Fsp3) is 0.136. The summed E-state index contributed by atoms with van der Waals surface area (Å²) in [5.74, 6) is 0.455. The highest BCUT2D eigenvalue weighted by atomic mass is 19.1. The molecule has 0 saturated heterocycles. The van der Waals surface area contributed by atoms with Gasteiger partial charge in [0, 0.05) is 23.0 Å². The van der Waals surface area contributed by atoms with E-state index in [1.165, 1.54) is 17.1 Å². The average molecular weight is 430 g/mol. The number of nitrogens with zero attached hydrogens (tertiary/aromatic N) is 7. The summed E-state index contributed by atoms with van der Waals surface area (Å²) in [6, 6.07) is 10.2. The van der Waals surface area contributed by atoms with E-state index in [4.69, 9.17) is 10.5 Å². The molecule has 0 bridgehead atoms. The third-order valence-corrected chi connectivity index (χ3v) is 5.14. The van der Waals surface area contributed by atoms with Crippen LogP contribution < -0.4 is 10.5 Å². The maximum absolute atomic E-state index is 14.1. The predicted molar refractivity (Wildman–Crippen MR) is 117 cm³/mol. The highest BCUT2D eigenvalue weighted by molar-refractivity contribution is 6.01. The van der Waals surface area contributed by atoms with Gasteiger partial charge in [0.15, 0.2) is 0 Å². The minimum Gasteiger partial charge on any atom is -0.481 e. The Labute approximate surface area is 182 Å². The standard InChI is InChI=1S/C22H19FN8O/c1-13-7-8-15(22(27-13)32-2)16-11-30(21-19(16)20(24)25-12-26-21)9-14-10-31(29-28-14)18-6-4-3-5-17(18)23/h3-8,10-12H,9H2,1-2H3,(H2,24,25,26). The quantitative estimate of drug-likeness (QED) is 0.456. The maximum Gasteiger partial charge on any atom is 0.221 e. The first-order valence-corrected chi connectivity index (χ1v) is 9.82. The van der Waals surface area contributed by atoms with Crippen LogP contribution in [0.3, 0.4) is 0 Å². The number of hydrogen-bond acceptors (Lipinski definition) is 7. The first-order chi connectivity index (χ1) is 15.5. The van der Waals surface area contributed by atoms with Crippen molar-refractivity contribution in [2.45, 2.75) is 13.5 Å². The van der Waals surface area contributed by atoms with Gasteiger partial charge in [0.25, 0.3) is 0 Å². The van der Waals surface area contributed by atoms with Crippen LogP contribution in [0.25, 0.3) is 27.8 Å². The number of methoxy groups -OCH3 is 1. The summed E-state index contributed by atoms with van der Waals surface area (Å²) in [7, 11) is 1.57. The minimum atomic E-state index is -0.378. The lowest BCUT2D eigenvalue weighted by Crippen LogP contribution is -2.01. The van der Waals surface area contributed by atoms with Gasteiger partial charge in [-0.15, -0.1) is 5.10 Å². The maximum atomic E-state index is 14.1. The molecule has 2 N–H and O–H groups in total. The Hall–Kier alpha value is -4.34. The van der Waals surface area contributed by atoms with Crippen molar-refractivity contribution in [1.29, 1.82) is 0 Å². The van der Waals surface area contributed by atoms with E-state index < -0.39 is 0 Å². The van der Waals surface area contributed by atoms with Gasteiger partial charge in [-0.3, -0.25) is 0 Å². The van der Waals surface area contributed by atoms with Gasteiger partial charge in [0.2, 0.25) is 5.88 Å². The highest BCUT2D eigenvalue weighted by Crippen LogP contribution is 2.37. The lowest BCUT2D eigenvalue weighted by atomic mass is 10.1. The van der Waals surface area contributed by atoms with Crippen LogP contribution in [0.2, 0.25) is 0 Å². The molecule has 0 aliphatic carbocycles. The van der Waals surface area contributed by atoms with E-state index in [0.717, 1.165) is 16.8 Å². The molecule has 0 unspecified atom stereocenters. The number of ether oxygens (including phenoxy) is 1. The van der Waals surface area contributed by atoms with Gasteiger partial charge in [0.1, 0.15) is 35.0 Å². The molecular weight excluding hydrogens is 411 g/mol. The summed E-state index contributed by atoms with van der Waals surface area (Å²) < 4.78 is 22.9. The van der Waals surface area contributed by atoms with Crippen molar-refractivity contribution in [1.82, 2.24) is 34.5 Å². The fourth-order valence-electron chi connectivity index (χ4n) is 3.67. The number of para-hydroxylation sites is 1. The van der Waals surface area contributed by atoms with Crippen LogP contribution in [0.5, 0.6) is 5.88 Å². The molecule has 5 aromatic rings. The van der Waals surface area contributed by atoms with Crippen LogP contribution in [0.15, 0.2) is 55.1 Å². The van der Waals surface area contributed by atoms with E-state index in [0.29, 0.717) is 40.7 Å². The third kappa shape index (κ3) is 3.31. The van der Waals surface area contributed by atoms with Gasteiger partial charge >= 0.3 is 0 Å². The number of rotatable bonds is 5. The van der Waals surface area contributed by atoms with E-state index in [1.807, 2.05) is 29.8 Å². The smallest absolute Gasteiger partial charge is 0.221 e. The first kappa shape index (κ1) is 19.6. The summed E-state index contributed by atoms with van der Waals surface area (Å²) in [6.07, 6.45) is 5.01. The number of hydrogen-bond donors (Lipinski definition) is 1. The monoisotopic (exact) mass is 430 g/mol. The second-order valence-electron chi connectivity index (χ2n) is 7.24. The van der Waals surface area contributed by atoms with Gasteiger partial charge < -0.3 is 15.0 Å². The summed E-state index contributed by atoms with van der Waals surface area (Å²) in [4.78, 5) is 13.1. The molecule has 5 rings (SSSR count). The number of pyridine rings is 1. The lowest BCUT2D eigenvalue weighted by Gasteiger charge is -2.07. The van der Waals surface area contributed by atoms with Crippen LogP contribution in [-0.2, 0) is 6.54 Å².